The molecule has 1 N–H and O–H groups in total. The fraction of sp³-hybridized carbons (Fsp3) is 0.429. The van der Waals surface area contributed by atoms with Crippen LogP contribution in [0.2, 0.25) is 0 Å². The fourth-order valence-corrected chi connectivity index (χ4v) is 4.29. The van der Waals surface area contributed by atoms with Gasteiger partial charge in [0.05, 0.1) is 23.4 Å². The molecule has 0 saturated carbocycles. The summed E-state index contributed by atoms with van der Waals surface area (Å²) in [5.74, 6) is 3.14. The molecule has 3 rings (SSSR count). The molecule has 1 heterocycles. The molecule has 1 amide bonds. The van der Waals surface area contributed by atoms with Gasteiger partial charge in [-0.1, -0.05) is 26.0 Å². The van der Waals surface area contributed by atoms with E-state index in [1.165, 1.54) is 0 Å². The first-order valence-electron chi connectivity index (χ1n) is 8.82. The van der Waals surface area contributed by atoms with Gasteiger partial charge in [-0.15, -0.1) is 11.8 Å². The van der Waals surface area contributed by atoms with Crippen molar-refractivity contribution >= 4 is 17.7 Å². The topological polar surface area (TPSA) is 66.0 Å². The highest BCUT2D eigenvalue weighted by Crippen LogP contribution is 2.42. The summed E-state index contributed by atoms with van der Waals surface area (Å²) in [5.41, 5.74) is 3.02. The van der Waals surface area contributed by atoms with Gasteiger partial charge in [0.15, 0.2) is 0 Å². The minimum absolute atomic E-state index is 0.0224. The van der Waals surface area contributed by atoms with E-state index in [0.717, 1.165) is 41.2 Å². The van der Waals surface area contributed by atoms with Crippen molar-refractivity contribution in [2.45, 2.75) is 45.4 Å². The molecule has 1 unspecified atom stereocenters. The van der Waals surface area contributed by atoms with Crippen LogP contribution in [0.15, 0.2) is 34.7 Å². The molecule has 5 heteroatoms. The van der Waals surface area contributed by atoms with Gasteiger partial charge in [0.25, 0.3) is 0 Å². The number of furan rings is 1. The zero-order valence-corrected chi connectivity index (χ0v) is 16.3. The van der Waals surface area contributed by atoms with E-state index < -0.39 is 0 Å². The van der Waals surface area contributed by atoms with Crippen molar-refractivity contribution in [2.24, 2.45) is 5.41 Å². The van der Waals surface area contributed by atoms with Crippen LogP contribution in [0.4, 0.5) is 0 Å². The van der Waals surface area contributed by atoms with E-state index in [4.69, 9.17) is 9.68 Å². The number of benzene rings is 1. The van der Waals surface area contributed by atoms with Gasteiger partial charge in [0.1, 0.15) is 11.5 Å². The first-order valence-corrected chi connectivity index (χ1v) is 9.97. The SMILES string of the molecule is Cc1cc2c(o1)CC(C)(C)CC2NC(=O)CSCc1ccc(C#N)cc1. The Morgan fingerprint density at radius 1 is 1.38 bits per heavy atom. The van der Waals surface area contributed by atoms with Gasteiger partial charge in [0.2, 0.25) is 5.91 Å². The summed E-state index contributed by atoms with van der Waals surface area (Å²) in [7, 11) is 0. The van der Waals surface area contributed by atoms with E-state index >= 15 is 0 Å². The summed E-state index contributed by atoms with van der Waals surface area (Å²) < 4.78 is 5.83. The second kappa shape index (κ2) is 7.59. The Morgan fingerprint density at radius 2 is 2.12 bits per heavy atom. The summed E-state index contributed by atoms with van der Waals surface area (Å²) in [6.45, 7) is 6.39. The largest absolute Gasteiger partial charge is 0.466 e. The molecule has 0 spiro atoms. The van der Waals surface area contributed by atoms with E-state index in [9.17, 15) is 4.79 Å². The number of thioether (sulfide) groups is 1. The number of amides is 1. The maximum absolute atomic E-state index is 12.4. The molecule has 26 heavy (non-hydrogen) atoms. The zero-order valence-electron chi connectivity index (χ0n) is 15.5. The lowest BCUT2D eigenvalue weighted by molar-refractivity contribution is -0.119. The summed E-state index contributed by atoms with van der Waals surface area (Å²) in [4.78, 5) is 12.4. The Kier molecular flexibility index (Phi) is 5.43. The number of carbonyl (C=O) groups excluding carboxylic acids is 1. The smallest absolute Gasteiger partial charge is 0.230 e. The highest BCUT2D eigenvalue weighted by Gasteiger charge is 2.35. The highest BCUT2D eigenvalue weighted by atomic mass is 32.2. The molecule has 2 aromatic rings. The molecular weight excluding hydrogens is 344 g/mol. The third kappa shape index (κ3) is 4.50. The molecule has 1 aliphatic rings. The van der Waals surface area contributed by atoms with Crippen LogP contribution in [0.1, 0.15) is 54.5 Å². The molecule has 0 bridgehead atoms. The summed E-state index contributed by atoms with van der Waals surface area (Å²) >= 11 is 1.58. The maximum Gasteiger partial charge on any atom is 0.230 e. The van der Waals surface area contributed by atoms with Gasteiger partial charge in [-0.3, -0.25) is 4.79 Å². The van der Waals surface area contributed by atoms with Crippen molar-refractivity contribution in [3.63, 3.8) is 0 Å². The Morgan fingerprint density at radius 3 is 2.81 bits per heavy atom. The molecule has 1 aromatic heterocycles. The molecule has 0 saturated heterocycles. The van der Waals surface area contributed by atoms with Crippen LogP contribution < -0.4 is 5.32 Å². The number of nitrogens with one attached hydrogen (secondary N) is 1. The lowest BCUT2D eigenvalue weighted by Crippen LogP contribution is -2.36. The second-order valence-electron chi connectivity index (χ2n) is 7.70. The van der Waals surface area contributed by atoms with Gasteiger partial charge >= 0.3 is 0 Å². The highest BCUT2D eigenvalue weighted by molar-refractivity contribution is 7.99. The van der Waals surface area contributed by atoms with Crippen LogP contribution in [0.3, 0.4) is 0 Å². The zero-order chi connectivity index (χ0) is 18.7. The minimum Gasteiger partial charge on any atom is -0.466 e. The van der Waals surface area contributed by atoms with Crippen LogP contribution in [0.5, 0.6) is 0 Å². The molecule has 0 fully saturated rings. The van der Waals surface area contributed by atoms with Crippen LogP contribution >= 0.6 is 11.8 Å². The molecule has 0 radical (unpaired) electrons. The number of aryl methyl sites for hydroxylation is 1. The van der Waals surface area contributed by atoms with Gasteiger partial charge in [-0.25, -0.2) is 0 Å². The summed E-state index contributed by atoms with van der Waals surface area (Å²) in [5, 5.41) is 12.0. The Bertz CT molecular complexity index is 831. The number of hydrogen-bond acceptors (Lipinski definition) is 4. The first kappa shape index (κ1) is 18.6. The molecular formula is C21H24N2O2S. The van der Waals surface area contributed by atoms with E-state index in [-0.39, 0.29) is 17.4 Å². The van der Waals surface area contributed by atoms with E-state index in [2.05, 4.69) is 31.3 Å². The predicted octanol–water partition coefficient (Wildman–Crippen LogP) is 4.52. The molecule has 1 aromatic carbocycles. The number of rotatable bonds is 5. The van der Waals surface area contributed by atoms with Crippen molar-refractivity contribution in [3.8, 4) is 6.07 Å². The van der Waals surface area contributed by atoms with E-state index in [1.807, 2.05) is 31.2 Å². The van der Waals surface area contributed by atoms with Crippen LogP contribution in [-0.2, 0) is 17.0 Å². The summed E-state index contributed by atoms with van der Waals surface area (Å²) in [6.07, 6.45) is 1.83. The van der Waals surface area contributed by atoms with Crippen LogP contribution in [-0.4, -0.2) is 11.7 Å². The maximum atomic E-state index is 12.4. The quantitative estimate of drug-likeness (QED) is 0.842. The van der Waals surface area contributed by atoms with Crippen molar-refractivity contribution in [1.82, 2.24) is 5.32 Å². The molecule has 136 valence electrons. The first-order chi connectivity index (χ1) is 12.4. The van der Waals surface area contributed by atoms with Crippen molar-refractivity contribution in [3.05, 3.63) is 58.5 Å². The van der Waals surface area contributed by atoms with E-state index in [1.54, 1.807) is 11.8 Å². The van der Waals surface area contributed by atoms with E-state index in [0.29, 0.717) is 11.3 Å². The standard InChI is InChI=1S/C21H24N2O2S/c1-14-8-17-18(9-21(2,3)10-19(17)25-14)23-20(24)13-26-12-16-6-4-15(11-22)5-7-16/h4-8,18H,9-10,12-13H2,1-3H3,(H,23,24). The third-order valence-electron chi connectivity index (χ3n) is 4.66. The van der Waals surface area contributed by atoms with Gasteiger partial charge < -0.3 is 9.73 Å². The Hall–Kier alpha value is -2.19. The average molecular weight is 369 g/mol. The number of nitriles is 1. The number of fused-ring (bicyclic) bond motifs is 1. The van der Waals surface area contributed by atoms with Crippen LogP contribution in [0.25, 0.3) is 0 Å². The molecule has 4 nitrogen and oxygen atoms in total. The normalized spacial score (nSPS) is 18.0. The lowest BCUT2D eigenvalue weighted by Gasteiger charge is -2.34. The predicted molar refractivity (Wildman–Crippen MR) is 104 cm³/mol. The molecule has 0 aliphatic heterocycles. The number of nitrogens with zero attached hydrogens (tertiary/aromatic N) is 1. The second-order valence-corrected chi connectivity index (χ2v) is 8.69. The summed E-state index contributed by atoms with van der Waals surface area (Å²) in [6, 6.07) is 11.7. The molecule has 1 atom stereocenters. The van der Waals surface area contributed by atoms with Crippen molar-refractivity contribution in [1.29, 1.82) is 5.26 Å². The number of carbonyl (C=O) groups is 1. The van der Waals surface area contributed by atoms with Crippen LogP contribution in [0, 0.1) is 23.7 Å². The third-order valence-corrected chi connectivity index (χ3v) is 5.66. The van der Waals surface area contributed by atoms with Gasteiger partial charge in [-0.2, -0.15) is 5.26 Å². The fourth-order valence-electron chi connectivity index (χ4n) is 3.49. The number of hydrogen-bond donors (Lipinski definition) is 1. The lowest BCUT2D eigenvalue weighted by atomic mass is 9.75. The van der Waals surface area contributed by atoms with Crippen molar-refractivity contribution < 1.29 is 9.21 Å². The minimum atomic E-state index is 0.0224. The average Bonchev–Trinajstić information content (AvgIpc) is 2.94. The van der Waals surface area contributed by atoms with Gasteiger partial charge in [-0.05, 0) is 42.5 Å². The molecule has 1 aliphatic carbocycles. The monoisotopic (exact) mass is 368 g/mol. The Labute approximate surface area is 159 Å². The Balaban J connectivity index is 1.55. The van der Waals surface area contributed by atoms with Gasteiger partial charge in [0, 0.05) is 17.7 Å². The van der Waals surface area contributed by atoms with Crippen molar-refractivity contribution in [2.75, 3.05) is 5.75 Å².